The number of hydrogen-bond acceptors (Lipinski definition) is 2. The normalized spacial score (nSPS) is 10.7. The van der Waals surface area contributed by atoms with Crippen LogP contribution in [0.1, 0.15) is 31.0 Å². The van der Waals surface area contributed by atoms with Crippen LogP contribution in [0.2, 0.25) is 5.02 Å². The maximum Gasteiger partial charge on any atom is 0.203 e. The third-order valence-electron chi connectivity index (χ3n) is 2.99. The van der Waals surface area contributed by atoms with Crippen LogP contribution in [0.15, 0.2) is 30.5 Å². The van der Waals surface area contributed by atoms with Crippen LogP contribution in [-0.2, 0) is 13.1 Å². The van der Waals surface area contributed by atoms with E-state index in [9.17, 15) is 0 Å². The molecule has 1 N–H and O–H groups in total. The molecule has 0 unspecified atom stereocenters. The van der Waals surface area contributed by atoms with Crippen LogP contribution in [-0.4, -0.2) is 9.55 Å². The van der Waals surface area contributed by atoms with Crippen molar-refractivity contribution in [2.45, 2.75) is 39.8 Å². The second-order valence-electron chi connectivity index (χ2n) is 4.74. The van der Waals surface area contributed by atoms with Gasteiger partial charge in [0.15, 0.2) is 0 Å². The van der Waals surface area contributed by atoms with Crippen molar-refractivity contribution in [2.75, 3.05) is 5.32 Å². The van der Waals surface area contributed by atoms with Gasteiger partial charge in [-0.05, 0) is 31.0 Å². The Kier molecular flexibility index (Phi) is 4.86. The van der Waals surface area contributed by atoms with Crippen LogP contribution in [0.4, 0.5) is 5.95 Å². The molecule has 0 aliphatic rings. The van der Waals surface area contributed by atoms with Crippen molar-refractivity contribution in [3.05, 3.63) is 46.7 Å². The van der Waals surface area contributed by atoms with E-state index in [1.807, 2.05) is 25.1 Å². The Balaban J connectivity index is 2.02. The van der Waals surface area contributed by atoms with Crippen LogP contribution < -0.4 is 5.32 Å². The Morgan fingerprint density at radius 2 is 2.21 bits per heavy atom. The van der Waals surface area contributed by atoms with Crippen molar-refractivity contribution in [1.82, 2.24) is 9.55 Å². The quantitative estimate of drug-likeness (QED) is 0.855. The second kappa shape index (κ2) is 6.62. The van der Waals surface area contributed by atoms with E-state index in [0.29, 0.717) is 0 Å². The highest BCUT2D eigenvalue weighted by Gasteiger charge is 2.05. The van der Waals surface area contributed by atoms with Gasteiger partial charge in [-0.2, -0.15) is 0 Å². The summed E-state index contributed by atoms with van der Waals surface area (Å²) in [5.41, 5.74) is 2.21. The number of benzene rings is 1. The summed E-state index contributed by atoms with van der Waals surface area (Å²) in [4.78, 5) is 4.52. The molecule has 2 rings (SSSR count). The minimum atomic E-state index is 0.739. The highest BCUT2D eigenvalue weighted by molar-refractivity contribution is 6.30. The van der Waals surface area contributed by atoms with E-state index in [-0.39, 0.29) is 0 Å². The smallest absolute Gasteiger partial charge is 0.203 e. The van der Waals surface area contributed by atoms with Gasteiger partial charge in [-0.25, -0.2) is 4.98 Å². The van der Waals surface area contributed by atoms with Crippen LogP contribution in [0.3, 0.4) is 0 Å². The standard InChI is InChI=1S/C15H20ClN3/c1-3-4-8-19-11-12(2)18-15(19)17-10-13-6-5-7-14(16)9-13/h5-7,9,11H,3-4,8,10H2,1-2H3,(H,17,18). The number of nitrogens with one attached hydrogen (secondary N) is 1. The third-order valence-corrected chi connectivity index (χ3v) is 3.22. The summed E-state index contributed by atoms with van der Waals surface area (Å²) in [5, 5.41) is 4.15. The lowest BCUT2D eigenvalue weighted by Gasteiger charge is -2.09. The largest absolute Gasteiger partial charge is 0.352 e. The second-order valence-corrected chi connectivity index (χ2v) is 5.17. The molecule has 102 valence electrons. The third kappa shape index (κ3) is 4.00. The van der Waals surface area contributed by atoms with Gasteiger partial charge in [0, 0.05) is 24.3 Å². The molecule has 0 radical (unpaired) electrons. The zero-order valence-electron chi connectivity index (χ0n) is 11.5. The fourth-order valence-electron chi connectivity index (χ4n) is 2.01. The van der Waals surface area contributed by atoms with E-state index < -0.39 is 0 Å². The maximum absolute atomic E-state index is 5.98. The summed E-state index contributed by atoms with van der Waals surface area (Å²) in [6.45, 7) is 5.97. The summed E-state index contributed by atoms with van der Waals surface area (Å²) in [6, 6.07) is 7.89. The average molecular weight is 278 g/mol. The molecule has 0 fully saturated rings. The molecule has 0 spiro atoms. The summed E-state index contributed by atoms with van der Waals surface area (Å²) in [5.74, 6) is 0.936. The van der Waals surface area contributed by atoms with E-state index >= 15 is 0 Å². The molecule has 1 aromatic heterocycles. The number of halogens is 1. The molecule has 0 saturated carbocycles. The lowest BCUT2D eigenvalue weighted by molar-refractivity contribution is 0.634. The van der Waals surface area contributed by atoms with E-state index in [1.54, 1.807) is 0 Å². The molecule has 19 heavy (non-hydrogen) atoms. The SMILES string of the molecule is CCCCn1cc(C)nc1NCc1cccc(Cl)c1. The molecular weight excluding hydrogens is 258 g/mol. The number of anilines is 1. The van der Waals surface area contributed by atoms with Gasteiger partial charge in [-0.3, -0.25) is 0 Å². The van der Waals surface area contributed by atoms with E-state index in [4.69, 9.17) is 11.6 Å². The van der Waals surface area contributed by atoms with Crippen molar-refractivity contribution in [3.63, 3.8) is 0 Å². The molecule has 1 aromatic carbocycles. The molecule has 3 nitrogen and oxygen atoms in total. The molecule has 0 aliphatic carbocycles. The van der Waals surface area contributed by atoms with Crippen molar-refractivity contribution in [2.24, 2.45) is 0 Å². The van der Waals surface area contributed by atoms with Crippen molar-refractivity contribution in [3.8, 4) is 0 Å². The fourth-order valence-corrected chi connectivity index (χ4v) is 2.23. The first-order valence-corrected chi connectivity index (χ1v) is 7.09. The van der Waals surface area contributed by atoms with Crippen molar-refractivity contribution < 1.29 is 0 Å². The molecule has 0 saturated heterocycles. The molecule has 0 atom stereocenters. The molecule has 4 heteroatoms. The zero-order valence-corrected chi connectivity index (χ0v) is 12.2. The van der Waals surface area contributed by atoms with Crippen molar-refractivity contribution >= 4 is 17.5 Å². The topological polar surface area (TPSA) is 29.9 Å². The minimum Gasteiger partial charge on any atom is -0.352 e. The minimum absolute atomic E-state index is 0.739. The highest BCUT2D eigenvalue weighted by atomic mass is 35.5. The Morgan fingerprint density at radius 1 is 1.37 bits per heavy atom. The number of aromatic nitrogens is 2. The molecule has 0 aliphatic heterocycles. The molecule has 1 heterocycles. The van der Waals surface area contributed by atoms with Gasteiger partial charge in [0.05, 0.1) is 5.69 Å². The number of aryl methyl sites for hydroxylation is 2. The van der Waals surface area contributed by atoms with Gasteiger partial charge in [0.2, 0.25) is 5.95 Å². The number of unbranched alkanes of at least 4 members (excludes halogenated alkanes) is 1. The highest BCUT2D eigenvalue weighted by Crippen LogP contribution is 2.14. The Labute approximate surface area is 119 Å². The van der Waals surface area contributed by atoms with Crippen LogP contribution >= 0.6 is 11.6 Å². The van der Waals surface area contributed by atoms with Gasteiger partial charge in [-0.1, -0.05) is 37.1 Å². The number of imidazole rings is 1. The van der Waals surface area contributed by atoms with Crippen LogP contribution in [0, 0.1) is 6.92 Å². The molecule has 0 bridgehead atoms. The Morgan fingerprint density at radius 3 is 2.95 bits per heavy atom. The van der Waals surface area contributed by atoms with Gasteiger partial charge in [0.25, 0.3) is 0 Å². The number of hydrogen-bond donors (Lipinski definition) is 1. The van der Waals surface area contributed by atoms with Gasteiger partial charge < -0.3 is 9.88 Å². The lowest BCUT2D eigenvalue weighted by atomic mass is 10.2. The van der Waals surface area contributed by atoms with Crippen molar-refractivity contribution in [1.29, 1.82) is 0 Å². The fraction of sp³-hybridized carbons (Fsp3) is 0.400. The monoisotopic (exact) mass is 277 g/mol. The first-order valence-electron chi connectivity index (χ1n) is 6.71. The Hall–Kier alpha value is -1.48. The average Bonchev–Trinajstić information content (AvgIpc) is 2.74. The van der Waals surface area contributed by atoms with Gasteiger partial charge >= 0.3 is 0 Å². The molecule has 0 amide bonds. The first-order chi connectivity index (χ1) is 9.19. The van der Waals surface area contributed by atoms with Crippen LogP contribution in [0.25, 0.3) is 0 Å². The number of rotatable bonds is 6. The zero-order chi connectivity index (χ0) is 13.7. The Bertz CT molecular complexity index is 534. The lowest BCUT2D eigenvalue weighted by Crippen LogP contribution is -2.07. The predicted octanol–water partition coefficient (Wildman–Crippen LogP) is 4.26. The van der Waals surface area contributed by atoms with E-state index in [0.717, 1.165) is 35.3 Å². The summed E-state index contributed by atoms with van der Waals surface area (Å²) < 4.78 is 2.18. The summed E-state index contributed by atoms with van der Waals surface area (Å²) in [6.07, 6.45) is 4.45. The van der Waals surface area contributed by atoms with Gasteiger partial charge in [0.1, 0.15) is 0 Å². The van der Waals surface area contributed by atoms with E-state index in [2.05, 4.69) is 34.1 Å². The summed E-state index contributed by atoms with van der Waals surface area (Å²) in [7, 11) is 0. The van der Waals surface area contributed by atoms with Crippen LogP contribution in [0.5, 0.6) is 0 Å². The maximum atomic E-state index is 5.98. The first kappa shape index (κ1) is 13.9. The summed E-state index contributed by atoms with van der Waals surface area (Å²) >= 11 is 5.98. The molecular formula is C15H20ClN3. The molecule has 2 aromatic rings. The van der Waals surface area contributed by atoms with E-state index in [1.165, 1.54) is 12.8 Å². The van der Waals surface area contributed by atoms with Gasteiger partial charge in [-0.15, -0.1) is 0 Å². The predicted molar refractivity (Wildman–Crippen MR) is 80.7 cm³/mol. The number of nitrogens with zero attached hydrogens (tertiary/aromatic N) is 2.